The fourth-order valence-corrected chi connectivity index (χ4v) is 7.53. The van der Waals surface area contributed by atoms with E-state index in [9.17, 15) is 0 Å². The second kappa shape index (κ2) is 10.1. The minimum absolute atomic E-state index is 0.877. The van der Waals surface area contributed by atoms with Crippen molar-refractivity contribution < 1.29 is 0 Å². The number of hydrogen-bond donors (Lipinski definition) is 0. The van der Waals surface area contributed by atoms with Crippen molar-refractivity contribution in [2.75, 3.05) is 0 Å². The number of hydrogen-bond acceptors (Lipinski definition) is 2. The Bertz CT molecular complexity index is 2810. The molecule has 0 saturated heterocycles. The number of rotatable bonds is 3. The van der Waals surface area contributed by atoms with Crippen LogP contribution in [0.3, 0.4) is 0 Å². The van der Waals surface area contributed by atoms with E-state index in [0.29, 0.717) is 0 Å². The van der Waals surface area contributed by atoms with Crippen molar-refractivity contribution in [1.82, 2.24) is 14.5 Å². The van der Waals surface area contributed by atoms with E-state index in [1.54, 1.807) is 0 Å². The number of nitrogens with zero attached hydrogens (tertiary/aromatic N) is 3. The second-order valence-corrected chi connectivity index (χ2v) is 12.2. The molecule has 0 spiro atoms. The highest BCUT2D eigenvalue weighted by atomic mass is 15.0. The van der Waals surface area contributed by atoms with Gasteiger partial charge in [-0.2, -0.15) is 0 Å². The van der Waals surface area contributed by atoms with Gasteiger partial charge in [-0.05, 0) is 63.0 Å². The molecule has 3 heteroatoms. The zero-order valence-electron chi connectivity index (χ0n) is 25.4. The van der Waals surface area contributed by atoms with Crippen LogP contribution in [0.2, 0.25) is 0 Å². The Kier molecular flexibility index (Phi) is 5.57. The van der Waals surface area contributed by atoms with Gasteiger partial charge in [-0.1, -0.05) is 127 Å². The van der Waals surface area contributed by atoms with Gasteiger partial charge in [-0.3, -0.25) is 4.98 Å². The van der Waals surface area contributed by atoms with Crippen LogP contribution in [0.5, 0.6) is 0 Å². The van der Waals surface area contributed by atoms with Crippen molar-refractivity contribution >= 4 is 65.2 Å². The Balaban J connectivity index is 1.18. The minimum Gasteiger partial charge on any atom is -0.309 e. The molecule has 0 radical (unpaired) electrons. The van der Waals surface area contributed by atoms with Crippen molar-refractivity contribution in [3.63, 3.8) is 0 Å². The monoisotopic (exact) mass is 597 g/mol. The zero-order valence-corrected chi connectivity index (χ0v) is 25.4. The van der Waals surface area contributed by atoms with Gasteiger partial charge < -0.3 is 4.57 Å². The normalized spacial score (nSPS) is 11.8. The molecule has 8 aromatic carbocycles. The van der Waals surface area contributed by atoms with Crippen molar-refractivity contribution in [3.8, 4) is 28.1 Å². The zero-order chi connectivity index (χ0) is 30.9. The van der Waals surface area contributed by atoms with Crippen LogP contribution in [0.15, 0.2) is 164 Å². The van der Waals surface area contributed by atoms with Gasteiger partial charge in [0.1, 0.15) is 0 Å². The molecule has 0 atom stereocenters. The lowest BCUT2D eigenvalue weighted by Crippen LogP contribution is -1.93. The summed E-state index contributed by atoms with van der Waals surface area (Å²) in [6.07, 6.45) is 1.94. The highest BCUT2D eigenvalue weighted by Gasteiger charge is 2.16. The summed E-state index contributed by atoms with van der Waals surface area (Å²) in [5, 5.41) is 9.51. The van der Waals surface area contributed by atoms with E-state index < -0.39 is 0 Å². The van der Waals surface area contributed by atoms with Gasteiger partial charge in [0.2, 0.25) is 0 Å². The molecule has 0 aliphatic carbocycles. The molecule has 2 heterocycles. The Morgan fingerprint density at radius 3 is 1.72 bits per heavy atom. The lowest BCUT2D eigenvalue weighted by Gasteiger charge is -2.13. The standard InChI is InChI=1S/C44H27N3/c1-2-12-29(13-3-1)47-41-23-9-8-16-36(41)39-26-28(24-25-42(39)47)30-19-10-21-32-31(30)20-11-22-35(32)40-27-45-43-37-17-6-4-14-33(37)34-15-5-7-18-38(34)44(43)46-40/h1-27H. The maximum absolute atomic E-state index is 5.32. The molecule has 0 bridgehead atoms. The summed E-state index contributed by atoms with van der Waals surface area (Å²) < 4.78 is 2.36. The molecule has 10 aromatic rings. The van der Waals surface area contributed by atoms with Crippen LogP contribution >= 0.6 is 0 Å². The molecule has 0 fully saturated rings. The molecule has 218 valence electrons. The Morgan fingerprint density at radius 2 is 0.957 bits per heavy atom. The van der Waals surface area contributed by atoms with Gasteiger partial charge in [0.15, 0.2) is 0 Å². The average molecular weight is 598 g/mol. The van der Waals surface area contributed by atoms with E-state index in [2.05, 4.69) is 162 Å². The maximum atomic E-state index is 5.32. The largest absolute Gasteiger partial charge is 0.309 e. The molecule has 0 aliphatic rings. The lowest BCUT2D eigenvalue weighted by molar-refractivity contribution is 1.18. The first-order valence-electron chi connectivity index (χ1n) is 16.0. The molecular weight excluding hydrogens is 571 g/mol. The molecule has 0 N–H and O–H groups in total. The third-order valence-corrected chi connectivity index (χ3v) is 9.62. The first-order valence-corrected chi connectivity index (χ1v) is 16.0. The maximum Gasteiger partial charge on any atom is 0.0979 e. The number of fused-ring (bicyclic) bond motifs is 10. The second-order valence-electron chi connectivity index (χ2n) is 12.2. The van der Waals surface area contributed by atoms with E-state index in [4.69, 9.17) is 9.97 Å². The highest BCUT2D eigenvalue weighted by molar-refractivity contribution is 6.23. The number of benzene rings is 8. The van der Waals surface area contributed by atoms with Gasteiger partial charge in [-0.15, -0.1) is 0 Å². The topological polar surface area (TPSA) is 30.7 Å². The quantitative estimate of drug-likeness (QED) is 0.190. The van der Waals surface area contributed by atoms with Crippen molar-refractivity contribution in [3.05, 3.63) is 164 Å². The third kappa shape index (κ3) is 3.87. The summed E-state index contributed by atoms with van der Waals surface area (Å²) in [5.74, 6) is 0. The summed E-state index contributed by atoms with van der Waals surface area (Å²) in [6.45, 7) is 0. The summed E-state index contributed by atoms with van der Waals surface area (Å²) in [5.41, 5.74) is 9.80. The van der Waals surface area contributed by atoms with Crippen molar-refractivity contribution in [2.24, 2.45) is 0 Å². The summed E-state index contributed by atoms with van der Waals surface area (Å²) in [7, 11) is 0. The predicted molar refractivity (Wildman–Crippen MR) is 197 cm³/mol. The average Bonchev–Trinajstić information content (AvgIpc) is 3.48. The Hall–Kier alpha value is -6.32. The summed E-state index contributed by atoms with van der Waals surface area (Å²) in [6, 6.07) is 56.4. The van der Waals surface area contributed by atoms with Crippen LogP contribution in [0, 0.1) is 0 Å². The summed E-state index contributed by atoms with van der Waals surface area (Å²) >= 11 is 0. The van der Waals surface area contributed by atoms with Crippen LogP contribution in [0.25, 0.3) is 93.2 Å². The van der Waals surface area contributed by atoms with Crippen LogP contribution in [0.4, 0.5) is 0 Å². The van der Waals surface area contributed by atoms with Crippen LogP contribution in [-0.4, -0.2) is 14.5 Å². The van der Waals surface area contributed by atoms with Crippen molar-refractivity contribution in [1.29, 1.82) is 0 Å². The molecule has 47 heavy (non-hydrogen) atoms. The van der Waals surface area contributed by atoms with Crippen LogP contribution in [-0.2, 0) is 0 Å². The van der Waals surface area contributed by atoms with E-state index in [0.717, 1.165) is 38.4 Å². The van der Waals surface area contributed by atoms with Gasteiger partial charge >= 0.3 is 0 Å². The fourth-order valence-electron chi connectivity index (χ4n) is 7.53. The smallest absolute Gasteiger partial charge is 0.0979 e. The molecule has 0 amide bonds. The molecule has 2 aromatic heterocycles. The molecule has 0 aliphatic heterocycles. The van der Waals surface area contributed by atoms with E-state index in [-0.39, 0.29) is 0 Å². The molecule has 10 rings (SSSR count). The van der Waals surface area contributed by atoms with Crippen LogP contribution < -0.4 is 0 Å². The van der Waals surface area contributed by atoms with Crippen LogP contribution in [0.1, 0.15) is 0 Å². The number of para-hydroxylation sites is 2. The molecule has 0 unspecified atom stereocenters. The summed E-state index contributed by atoms with van der Waals surface area (Å²) in [4.78, 5) is 10.4. The van der Waals surface area contributed by atoms with Gasteiger partial charge in [0.25, 0.3) is 0 Å². The Labute approximate surface area is 271 Å². The fraction of sp³-hybridized carbons (Fsp3) is 0. The predicted octanol–water partition coefficient (Wildman–Crippen LogP) is 11.5. The van der Waals surface area contributed by atoms with Gasteiger partial charge in [0.05, 0.1) is 34.0 Å². The van der Waals surface area contributed by atoms with Gasteiger partial charge in [0, 0.05) is 32.8 Å². The first kappa shape index (κ1) is 26.0. The lowest BCUT2D eigenvalue weighted by atomic mass is 9.93. The molecular formula is C44H27N3. The van der Waals surface area contributed by atoms with Crippen molar-refractivity contribution in [2.45, 2.75) is 0 Å². The van der Waals surface area contributed by atoms with E-state index >= 15 is 0 Å². The highest BCUT2D eigenvalue weighted by Crippen LogP contribution is 2.39. The Morgan fingerprint density at radius 1 is 0.383 bits per heavy atom. The third-order valence-electron chi connectivity index (χ3n) is 9.62. The van der Waals surface area contributed by atoms with E-state index in [1.165, 1.54) is 54.8 Å². The van der Waals surface area contributed by atoms with E-state index in [1.807, 2.05) is 6.20 Å². The SMILES string of the molecule is c1ccc(-n2c3ccccc3c3cc(-c4cccc5c(-c6cnc7c8ccccc8c8ccccc8c7n6)cccc45)ccc32)cc1. The minimum atomic E-state index is 0.877. The first-order chi connectivity index (χ1) is 23.3. The molecule has 0 saturated carbocycles. The van der Waals surface area contributed by atoms with Gasteiger partial charge in [-0.25, -0.2) is 4.98 Å². The number of aromatic nitrogens is 3. The molecule has 3 nitrogen and oxygen atoms in total.